The number of nitrogens with one attached hydrogen (secondary N) is 1. The molecule has 5 rings (SSSR count). The molecule has 0 aliphatic carbocycles. The first kappa shape index (κ1) is 40.2. The molecule has 0 radical (unpaired) electrons. The van der Waals surface area contributed by atoms with Gasteiger partial charge in [-0.1, -0.05) is 30.2 Å². The third-order valence-corrected chi connectivity index (χ3v) is 13.6. The van der Waals surface area contributed by atoms with E-state index in [1.165, 1.54) is 5.57 Å². The van der Waals surface area contributed by atoms with Crippen LogP contribution in [0, 0.1) is 5.92 Å². The number of hydrogen-bond acceptors (Lipinski definition) is 11. The summed E-state index contributed by atoms with van der Waals surface area (Å²) in [5, 5.41) is 53.0. The summed E-state index contributed by atoms with van der Waals surface area (Å²) in [6.07, 6.45) is -2.74. The van der Waals surface area contributed by atoms with Crippen LogP contribution in [0.3, 0.4) is 0 Å². The van der Waals surface area contributed by atoms with E-state index in [0.717, 1.165) is 24.8 Å². The van der Waals surface area contributed by atoms with Gasteiger partial charge in [0.2, 0.25) is 5.91 Å². The lowest BCUT2D eigenvalue weighted by Crippen LogP contribution is -2.60. The maximum absolute atomic E-state index is 14.8. The Kier molecular flexibility index (Phi) is 12.2. The van der Waals surface area contributed by atoms with Crippen LogP contribution in [0.2, 0.25) is 18.6 Å². The molecule has 52 heavy (non-hydrogen) atoms. The van der Waals surface area contributed by atoms with Crippen LogP contribution in [0.5, 0.6) is 0 Å². The van der Waals surface area contributed by atoms with E-state index in [0.29, 0.717) is 24.2 Å². The molecule has 0 saturated carbocycles. The molecule has 0 bridgehead atoms. The van der Waals surface area contributed by atoms with Crippen LogP contribution >= 0.6 is 0 Å². The molecule has 4 aliphatic heterocycles. The highest BCUT2D eigenvalue weighted by atomic mass is 28.4. The van der Waals surface area contributed by atoms with Crippen LogP contribution in [0.4, 0.5) is 11.4 Å². The molecule has 0 unspecified atom stereocenters. The Morgan fingerprint density at radius 3 is 2.44 bits per heavy atom. The Morgan fingerprint density at radius 1 is 1.08 bits per heavy atom. The van der Waals surface area contributed by atoms with Gasteiger partial charge in [-0.2, -0.15) is 0 Å². The second-order valence-corrected chi connectivity index (χ2v) is 19.5. The summed E-state index contributed by atoms with van der Waals surface area (Å²) in [6, 6.07) is 4.55. The minimum Gasteiger partial charge on any atom is -0.432 e. The summed E-state index contributed by atoms with van der Waals surface area (Å²) in [7, 11) is -3.11. The lowest BCUT2D eigenvalue weighted by atomic mass is 9.82. The van der Waals surface area contributed by atoms with Gasteiger partial charge in [-0.15, -0.1) is 0 Å². The SMILES string of the molecule is CC(C)=CCC/C(C)=C/CN1C(=O)[C@@]2(O[C@@H](CC(=O)N3CCC[C@H]3CO)[C@H]([Si](C)(C)O)[C@H]2C)c2cc(NC(=O)[C@H]3O[C@@H](O)[C@H](O)[C@@H](O)[C@@H]3O)ccc21. The van der Waals surface area contributed by atoms with Crippen molar-refractivity contribution >= 4 is 37.4 Å². The van der Waals surface area contributed by atoms with Crippen LogP contribution in [-0.2, 0) is 29.5 Å². The first-order chi connectivity index (χ1) is 24.4. The largest absolute Gasteiger partial charge is 0.432 e. The number of likely N-dealkylation sites (tertiary alicyclic amines) is 1. The molecule has 15 heteroatoms. The Labute approximate surface area is 305 Å². The fourth-order valence-corrected chi connectivity index (χ4v) is 11.0. The molecule has 3 fully saturated rings. The van der Waals surface area contributed by atoms with Crippen LogP contribution in [0.25, 0.3) is 0 Å². The molecule has 1 aromatic rings. The zero-order chi connectivity index (χ0) is 38.3. The van der Waals surface area contributed by atoms with Gasteiger partial charge in [0.15, 0.2) is 26.3 Å². The van der Waals surface area contributed by atoms with Crippen molar-refractivity contribution in [1.29, 1.82) is 0 Å². The first-order valence-electron chi connectivity index (χ1n) is 18.2. The predicted octanol–water partition coefficient (Wildman–Crippen LogP) is 1.64. The highest BCUT2D eigenvalue weighted by Gasteiger charge is 2.66. The van der Waals surface area contributed by atoms with E-state index < -0.39 is 68.1 Å². The topological polar surface area (TPSA) is 210 Å². The minimum atomic E-state index is -3.11. The van der Waals surface area contributed by atoms with Crippen molar-refractivity contribution in [2.75, 3.05) is 29.9 Å². The lowest BCUT2D eigenvalue weighted by molar-refractivity contribution is -0.274. The number of allylic oxidation sites excluding steroid dienone is 3. The van der Waals surface area contributed by atoms with E-state index in [1.54, 1.807) is 41.1 Å². The Hall–Kier alpha value is -2.99. The van der Waals surface area contributed by atoms with Gasteiger partial charge in [0.25, 0.3) is 11.8 Å². The summed E-state index contributed by atoms with van der Waals surface area (Å²) in [5.41, 5.74) is 1.32. The molecule has 4 aliphatic rings. The van der Waals surface area contributed by atoms with Crippen molar-refractivity contribution in [3.05, 3.63) is 47.1 Å². The van der Waals surface area contributed by atoms with Crippen LogP contribution in [0.15, 0.2) is 41.5 Å². The van der Waals surface area contributed by atoms with Gasteiger partial charge in [0.05, 0.1) is 30.9 Å². The lowest BCUT2D eigenvalue weighted by Gasteiger charge is -2.37. The summed E-state index contributed by atoms with van der Waals surface area (Å²) in [5.74, 6) is -2.07. The monoisotopic (exact) mass is 745 g/mol. The number of amides is 3. The van der Waals surface area contributed by atoms with Gasteiger partial charge in [0, 0.05) is 35.8 Å². The maximum atomic E-state index is 14.8. The number of rotatable bonds is 11. The van der Waals surface area contributed by atoms with Crippen molar-refractivity contribution < 1.29 is 54.2 Å². The molecule has 4 heterocycles. The summed E-state index contributed by atoms with van der Waals surface area (Å²) in [4.78, 5) is 56.8. The van der Waals surface area contributed by atoms with Crippen molar-refractivity contribution in [2.24, 2.45) is 5.92 Å². The molecule has 288 valence electrons. The quantitative estimate of drug-likeness (QED) is 0.128. The number of fused-ring (bicyclic) bond motifs is 2. The number of aliphatic hydroxyl groups is 5. The van der Waals surface area contributed by atoms with E-state index >= 15 is 0 Å². The number of hydrogen-bond donors (Lipinski definition) is 7. The summed E-state index contributed by atoms with van der Waals surface area (Å²) < 4.78 is 12.0. The number of anilines is 2. The van der Waals surface area contributed by atoms with Gasteiger partial charge < -0.3 is 54.9 Å². The summed E-state index contributed by atoms with van der Waals surface area (Å²) >= 11 is 0. The fraction of sp³-hybridized carbons (Fsp3) is 0.649. The highest BCUT2D eigenvalue weighted by molar-refractivity contribution is 6.71. The van der Waals surface area contributed by atoms with E-state index in [1.807, 2.05) is 33.8 Å². The van der Waals surface area contributed by atoms with Crippen molar-refractivity contribution in [2.45, 2.75) is 127 Å². The normalized spacial score (nSPS) is 33.5. The predicted molar refractivity (Wildman–Crippen MR) is 194 cm³/mol. The molecule has 3 amide bonds. The Bertz CT molecular complexity index is 1580. The molecule has 1 aromatic carbocycles. The number of carbonyl (C=O) groups excluding carboxylic acids is 3. The molecule has 10 atom stereocenters. The number of aliphatic hydroxyl groups excluding tert-OH is 5. The van der Waals surface area contributed by atoms with E-state index in [9.17, 15) is 44.7 Å². The number of nitrogens with zero attached hydrogens (tertiary/aromatic N) is 2. The van der Waals surface area contributed by atoms with E-state index in [-0.39, 0.29) is 43.1 Å². The molecule has 1 spiro atoms. The molecular weight excluding hydrogens is 691 g/mol. The van der Waals surface area contributed by atoms with E-state index in [4.69, 9.17) is 9.47 Å². The van der Waals surface area contributed by atoms with Gasteiger partial charge in [0.1, 0.15) is 18.3 Å². The fourth-order valence-electron chi connectivity index (χ4n) is 8.41. The third kappa shape index (κ3) is 7.65. The average molecular weight is 746 g/mol. The van der Waals surface area contributed by atoms with Crippen LogP contribution < -0.4 is 10.2 Å². The van der Waals surface area contributed by atoms with E-state index in [2.05, 4.69) is 11.4 Å². The zero-order valence-corrected chi connectivity index (χ0v) is 31.9. The minimum absolute atomic E-state index is 0.0833. The van der Waals surface area contributed by atoms with Crippen LogP contribution in [0.1, 0.15) is 65.4 Å². The van der Waals surface area contributed by atoms with Crippen molar-refractivity contribution in [1.82, 2.24) is 4.90 Å². The molecule has 7 N–H and O–H groups in total. The standard InChI is InChI=1S/C37H55N3O11Si/c1-20(2)9-7-10-21(3)14-16-40-26-13-12-23(38-34(46)32-30(44)29(43)31(45)35(47)50-32)17-25(26)37(36(40)48)22(4)33(52(5,6)49)27(51-37)18-28(42)39-15-8-11-24(39)19-41/h9,12-14,17,22,24,27,29-33,35,41,43-45,47,49H,7-8,10-11,15-16,18-19H2,1-6H3,(H,38,46)/b21-14+/t22-,24+,27+,29+,30+,31-,32+,33-,35-,37+/m1/s1. The molecule has 3 saturated heterocycles. The van der Waals surface area contributed by atoms with Crippen LogP contribution in [-0.4, -0.2) is 124 Å². The van der Waals surface area contributed by atoms with Crippen molar-refractivity contribution in [3.63, 3.8) is 0 Å². The first-order valence-corrected chi connectivity index (χ1v) is 21.2. The Balaban J connectivity index is 1.52. The van der Waals surface area contributed by atoms with Gasteiger partial charge in [-0.05, 0) is 77.7 Å². The molecular formula is C37H55N3O11Si. The second kappa shape index (κ2) is 15.8. The Morgan fingerprint density at radius 2 is 1.79 bits per heavy atom. The summed E-state index contributed by atoms with van der Waals surface area (Å²) in [6.45, 7) is 12.1. The molecule has 14 nitrogen and oxygen atoms in total. The smallest absolute Gasteiger partial charge is 0.264 e. The zero-order valence-electron chi connectivity index (χ0n) is 30.9. The van der Waals surface area contributed by atoms with Crippen molar-refractivity contribution in [3.8, 4) is 0 Å². The highest BCUT2D eigenvalue weighted by Crippen LogP contribution is 2.60. The van der Waals surface area contributed by atoms with Gasteiger partial charge >= 0.3 is 0 Å². The van der Waals surface area contributed by atoms with Gasteiger partial charge in [-0.3, -0.25) is 14.4 Å². The molecule has 0 aromatic heterocycles. The number of carbonyl (C=O) groups is 3. The maximum Gasteiger partial charge on any atom is 0.264 e. The number of benzene rings is 1. The second-order valence-electron chi connectivity index (χ2n) is 15.6. The third-order valence-electron chi connectivity index (χ3n) is 11.1. The average Bonchev–Trinajstić information content (AvgIpc) is 3.74. The number of ether oxygens (including phenoxy) is 2. The van der Waals surface area contributed by atoms with Gasteiger partial charge in [-0.25, -0.2) is 0 Å².